The van der Waals surface area contributed by atoms with E-state index in [1.807, 2.05) is 0 Å². The van der Waals surface area contributed by atoms with Crippen LogP contribution in [0.4, 0.5) is 0 Å². The SMILES string of the molecule is CN1CCCC(CN)(c2ccc(Br)cc2)CC1. The van der Waals surface area contributed by atoms with Gasteiger partial charge in [-0.1, -0.05) is 28.1 Å². The van der Waals surface area contributed by atoms with Gasteiger partial charge in [-0.15, -0.1) is 0 Å². The lowest BCUT2D eigenvalue weighted by Crippen LogP contribution is -2.36. The van der Waals surface area contributed by atoms with E-state index < -0.39 is 0 Å². The Morgan fingerprint density at radius 3 is 2.59 bits per heavy atom. The molecule has 0 aromatic heterocycles. The van der Waals surface area contributed by atoms with Crippen LogP contribution in [0.2, 0.25) is 0 Å². The molecule has 1 unspecified atom stereocenters. The number of benzene rings is 1. The summed E-state index contributed by atoms with van der Waals surface area (Å²) in [6.07, 6.45) is 3.61. The summed E-state index contributed by atoms with van der Waals surface area (Å²) in [6, 6.07) is 8.70. The normalized spacial score (nSPS) is 26.8. The summed E-state index contributed by atoms with van der Waals surface area (Å²) in [5, 5.41) is 0. The minimum Gasteiger partial charge on any atom is -0.330 e. The third-order valence-electron chi connectivity index (χ3n) is 4.01. The van der Waals surface area contributed by atoms with Crippen molar-refractivity contribution in [3.8, 4) is 0 Å². The molecule has 0 bridgehead atoms. The maximum atomic E-state index is 6.09. The molecule has 1 aromatic carbocycles. The first-order valence-corrected chi connectivity index (χ1v) is 7.10. The number of hydrogen-bond acceptors (Lipinski definition) is 2. The molecular weight excluding hydrogens is 276 g/mol. The van der Waals surface area contributed by atoms with Crippen molar-refractivity contribution in [1.29, 1.82) is 0 Å². The smallest absolute Gasteiger partial charge is 0.0175 e. The summed E-state index contributed by atoms with van der Waals surface area (Å²) in [7, 11) is 2.20. The molecule has 1 fully saturated rings. The predicted molar refractivity (Wildman–Crippen MR) is 76.2 cm³/mol. The van der Waals surface area contributed by atoms with Crippen molar-refractivity contribution in [3.05, 3.63) is 34.3 Å². The van der Waals surface area contributed by atoms with Crippen LogP contribution < -0.4 is 5.73 Å². The van der Waals surface area contributed by atoms with Crippen LogP contribution in [-0.4, -0.2) is 31.6 Å². The van der Waals surface area contributed by atoms with Crippen molar-refractivity contribution in [3.63, 3.8) is 0 Å². The second kappa shape index (κ2) is 5.51. The van der Waals surface area contributed by atoms with Crippen molar-refractivity contribution in [1.82, 2.24) is 4.90 Å². The molecule has 17 heavy (non-hydrogen) atoms. The topological polar surface area (TPSA) is 29.3 Å². The van der Waals surface area contributed by atoms with Crippen LogP contribution in [0.3, 0.4) is 0 Å². The van der Waals surface area contributed by atoms with E-state index in [0.29, 0.717) is 0 Å². The molecule has 0 radical (unpaired) electrons. The van der Waals surface area contributed by atoms with E-state index in [-0.39, 0.29) is 5.41 Å². The average Bonchev–Trinajstić information content (AvgIpc) is 2.53. The van der Waals surface area contributed by atoms with E-state index in [2.05, 4.69) is 52.1 Å². The van der Waals surface area contributed by atoms with Gasteiger partial charge in [-0.25, -0.2) is 0 Å². The first-order chi connectivity index (χ1) is 8.16. The lowest BCUT2D eigenvalue weighted by molar-refractivity contribution is 0.329. The fourth-order valence-electron chi connectivity index (χ4n) is 2.74. The third-order valence-corrected chi connectivity index (χ3v) is 4.54. The molecule has 1 aliphatic heterocycles. The zero-order valence-electron chi connectivity index (χ0n) is 10.5. The number of hydrogen-bond donors (Lipinski definition) is 1. The summed E-state index contributed by atoms with van der Waals surface area (Å²) in [4.78, 5) is 2.41. The molecule has 2 rings (SSSR count). The average molecular weight is 297 g/mol. The van der Waals surface area contributed by atoms with Gasteiger partial charge in [0.2, 0.25) is 0 Å². The standard InChI is InChI=1S/C14H21BrN2/c1-17-9-2-7-14(11-16,8-10-17)12-3-5-13(15)6-4-12/h3-6H,2,7-11,16H2,1H3. The summed E-state index contributed by atoms with van der Waals surface area (Å²) in [6.45, 7) is 3.09. The summed E-state index contributed by atoms with van der Waals surface area (Å²) in [5.41, 5.74) is 7.68. The predicted octanol–water partition coefficient (Wildman–Crippen LogP) is 2.76. The molecule has 0 spiro atoms. The van der Waals surface area contributed by atoms with Crippen molar-refractivity contribution < 1.29 is 0 Å². The molecule has 1 aliphatic rings. The van der Waals surface area contributed by atoms with Crippen molar-refractivity contribution in [2.75, 3.05) is 26.7 Å². The molecule has 1 atom stereocenters. The van der Waals surface area contributed by atoms with E-state index in [4.69, 9.17) is 5.73 Å². The van der Waals surface area contributed by atoms with Gasteiger partial charge in [-0.3, -0.25) is 0 Å². The van der Waals surface area contributed by atoms with E-state index in [0.717, 1.165) is 17.6 Å². The molecule has 0 aliphatic carbocycles. The van der Waals surface area contributed by atoms with Crippen LogP contribution in [0.5, 0.6) is 0 Å². The van der Waals surface area contributed by atoms with Gasteiger partial charge in [0.05, 0.1) is 0 Å². The van der Waals surface area contributed by atoms with Crippen LogP contribution in [0.15, 0.2) is 28.7 Å². The fourth-order valence-corrected chi connectivity index (χ4v) is 3.01. The van der Waals surface area contributed by atoms with Crippen LogP contribution in [0, 0.1) is 0 Å². The van der Waals surface area contributed by atoms with Crippen LogP contribution in [-0.2, 0) is 5.41 Å². The second-order valence-electron chi connectivity index (χ2n) is 5.15. The summed E-state index contributed by atoms with van der Waals surface area (Å²) < 4.78 is 1.14. The zero-order chi connectivity index (χ0) is 12.3. The van der Waals surface area contributed by atoms with E-state index >= 15 is 0 Å². The molecule has 2 nitrogen and oxygen atoms in total. The Morgan fingerprint density at radius 1 is 1.24 bits per heavy atom. The molecule has 0 saturated carbocycles. The fraction of sp³-hybridized carbons (Fsp3) is 0.571. The van der Waals surface area contributed by atoms with Gasteiger partial charge >= 0.3 is 0 Å². The van der Waals surface area contributed by atoms with Crippen molar-refractivity contribution in [2.24, 2.45) is 5.73 Å². The lowest BCUT2D eigenvalue weighted by Gasteiger charge is -2.32. The minimum atomic E-state index is 0.186. The Bertz CT molecular complexity index is 363. The largest absolute Gasteiger partial charge is 0.330 e. The Morgan fingerprint density at radius 2 is 1.94 bits per heavy atom. The molecule has 94 valence electrons. The third kappa shape index (κ3) is 2.90. The second-order valence-corrected chi connectivity index (χ2v) is 6.06. The van der Waals surface area contributed by atoms with Gasteiger partial charge < -0.3 is 10.6 Å². The lowest BCUT2D eigenvalue weighted by atomic mass is 9.74. The monoisotopic (exact) mass is 296 g/mol. The molecule has 3 heteroatoms. The first kappa shape index (κ1) is 13.1. The van der Waals surface area contributed by atoms with E-state index in [9.17, 15) is 0 Å². The Hall–Kier alpha value is -0.380. The highest BCUT2D eigenvalue weighted by molar-refractivity contribution is 9.10. The van der Waals surface area contributed by atoms with E-state index in [1.165, 1.54) is 31.4 Å². The zero-order valence-corrected chi connectivity index (χ0v) is 12.0. The maximum Gasteiger partial charge on any atom is 0.0175 e. The number of rotatable bonds is 2. The number of nitrogens with two attached hydrogens (primary N) is 1. The summed E-state index contributed by atoms with van der Waals surface area (Å²) >= 11 is 3.49. The highest BCUT2D eigenvalue weighted by Gasteiger charge is 2.32. The van der Waals surface area contributed by atoms with Gasteiger partial charge in [0, 0.05) is 16.4 Å². The Balaban J connectivity index is 2.26. The van der Waals surface area contributed by atoms with Crippen molar-refractivity contribution in [2.45, 2.75) is 24.7 Å². The highest BCUT2D eigenvalue weighted by Crippen LogP contribution is 2.34. The molecule has 0 amide bonds. The first-order valence-electron chi connectivity index (χ1n) is 6.31. The Labute approximate surface area is 112 Å². The highest BCUT2D eigenvalue weighted by atomic mass is 79.9. The molecular formula is C14H21BrN2. The molecule has 2 N–H and O–H groups in total. The molecule has 1 saturated heterocycles. The van der Waals surface area contributed by atoms with Crippen LogP contribution >= 0.6 is 15.9 Å². The van der Waals surface area contributed by atoms with Gasteiger partial charge in [0.1, 0.15) is 0 Å². The van der Waals surface area contributed by atoms with Gasteiger partial charge in [0.15, 0.2) is 0 Å². The van der Waals surface area contributed by atoms with Crippen molar-refractivity contribution >= 4 is 15.9 Å². The quantitative estimate of drug-likeness (QED) is 0.909. The number of halogens is 1. The van der Waals surface area contributed by atoms with Crippen LogP contribution in [0.1, 0.15) is 24.8 Å². The molecule has 1 heterocycles. The number of nitrogens with zero attached hydrogens (tertiary/aromatic N) is 1. The maximum absolute atomic E-state index is 6.09. The van der Waals surface area contributed by atoms with E-state index in [1.54, 1.807) is 0 Å². The Kier molecular flexibility index (Phi) is 4.23. The summed E-state index contributed by atoms with van der Waals surface area (Å²) in [5.74, 6) is 0. The minimum absolute atomic E-state index is 0.186. The van der Waals surface area contributed by atoms with Crippen LogP contribution in [0.25, 0.3) is 0 Å². The van der Waals surface area contributed by atoms with Gasteiger partial charge in [-0.05, 0) is 57.1 Å². The molecule has 1 aromatic rings. The van der Waals surface area contributed by atoms with Gasteiger partial charge in [-0.2, -0.15) is 0 Å². The van der Waals surface area contributed by atoms with Gasteiger partial charge in [0.25, 0.3) is 0 Å². The number of likely N-dealkylation sites (tertiary alicyclic amines) is 1.